The molecule has 136 valence electrons. The quantitative estimate of drug-likeness (QED) is 0.774. The number of aromatic nitrogens is 2. The summed E-state index contributed by atoms with van der Waals surface area (Å²) in [6.45, 7) is 7.88. The molecule has 1 atom stereocenters. The van der Waals surface area contributed by atoms with Crippen molar-refractivity contribution in [3.63, 3.8) is 0 Å². The predicted octanol–water partition coefficient (Wildman–Crippen LogP) is 2.44. The van der Waals surface area contributed by atoms with E-state index in [1.54, 1.807) is 0 Å². The van der Waals surface area contributed by atoms with Crippen LogP contribution in [-0.2, 0) is 13.1 Å². The van der Waals surface area contributed by atoms with E-state index in [1.165, 1.54) is 12.8 Å². The summed E-state index contributed by atoms with van der Waals surface area (Å²) in [7, 11) is 0. The summed E-state index contributed by atoms with van der Waals surface area (Å²) in [4.78, 5) is 6.79. The summed E-state index contributed by atoms with van der Waals surface area (Å²) < 4.78 is 2.18. The van der Waals surface area contributed by atoms with E-state index in [9.17, 15) is 5.11 Å². The Bertz CT molecular complexity index is 620. The number of aliphatic hydroxyl groups excluding tert-OH is 1. The lowest BCUT2D eigenvalue weighted by atomic mass is 9.96. The third-order valence-electron chi connectivity index (χ3n) is 5.18. The molecule has 0 amide bonds. The highest BCUT2D eigenvalue weighted by Gasteiger charge is 2.21. The van der Waals surface area contributed by atoms with Crippen LogP contribution in [0.25, 0.3) is 0 Å². The Morgan fingerprint density at radius 2 is 2.00 bits per heavy atom. The number of hydrogen-bond acceptors (Lipinski definition) is 4. The highest BCUT2D eigenvalue weighted by Crippen LogP contribution is 2.20. The summed E-state index contributed by atoms with van der Waals surface area (Å²) in [6, 6.07) is 9.96. The molecule has 1 aromatic heterocycles. The lowest BCUT2D eigenvalue weighted by molar-refractivity contribution is 0.0891. The summed E-state index contributed by atoms with van der Waals surface area (Å²) in [6.07, 6.45) is 5.90. The number of hydrogen-bond donors (Lipinski definition) is 2. The van der Waals surface area contributed by atoms with Gasteiger partial charge in [-0.05, 0) is 50.9 Å². The van der Waals surface area contributed by atoms with Crippen LogP contribution < -0.4 is 5.32 Å². The standard InChI is InChI=1S/C20H30N4O/c1-2-24-13-10-22-20(24)15-21-14-17-8-11-23(12-9-17)16-19(25)18-6-4-3-5-7-18/h3-7,10,13,17,19,21,25H,2,8-9,11-12,14-16H2,1H3. The van der Waals surface area contributed by atoms with Gasteiger partial charge in [0.25, 0.3) is 0 Å². The molecule has 25 heavy (non-hydrogen) atoms. The van der Waals surface area contributed by atoms with Crippen molar-refractivity contribution >= 4 is 0 Å². The summed E-state index contributed by atoms with van der Waals surface area (Å²) in [5.74, 6) is 1.83. The zero-order valence-corrected chi connectivity index (χ0v) is 15.1. The largest absolute Gasteiger partial charge is 0.387 e. The number of benzene rings is 1. The zero-order chi connectivity index (χ0) is 17.5. The van der Waals surface area contributed by atoms with E-state index in [2.05, 4.69) is 26.7 Å². The molecule has 5 nitrogen and oxygen atoms in total. The molecule has 2 heterocycles. The predicted molar refractivity (Wildman–Crippen MR) is 100 cm³/mol. The number of imidazole rings is 1. The molecule has 2 aromatic rings. The zero-order valence-electron chi connectivity index (χ0n) is 15.1. The maximum Gasteiger partial charge on any atom is 0.122 e. The van der Waals surface area contributed by atoms with Crippen molar-refractivity contribution in [1.82, 2.24) is 19.8 Å². The van der Waals surface area contributed by atoms with E-state index in [0.29, 0.717) is 0 Å². The Hall–Kier alpha value is -1.69. The molecule has 1 aliphatic rings. The minimum atomic E-state index is -0.385. The van der Waals surface area contributed by atoms with Gasteiger partial charge in [-0.15, -0.1) is 0 Å². The van der Waals surface area contributed by atoms with Gasteiger partial charge in [-0.2, -0.15) is 0 Å². The molecule has 0 radical (unpaired) electrons. The van der Waals surface area contributed by atoms with Crippen LogP contribution in [0.4, 0.5) is 0 Å². The normalized spacial score (nSPS) is 17.7. The third-order valence-corrected chi connectivity index (χ3v) is 5.18. The first-order valence-electron chi connectivity index (χ1n) is 9.42. The van der Waals surface area contributed by atoms with E-state index in [1.807, 2.05) is 42.7 Å². The maximum absolute atomic E-state index is 10.4. The van der Waals surface area contributed by atoms with Crippen molar-refractivity contribution in [1.29, 1.82) is 0 Å². The highest BCUT2D eigenvalue weighted by atomic mass is 16.3. The molecule has 0 aliphatic carbocycles. The van der Waals surface area contributed by atoms with Crippen LogP contribution in [0.2, 0.25) is 0 Å². The van der Waals surface area contributed by atoms with Crippen molar-refractivity contribution in [3.8, 4) is 0 Å². The molecule has 2 N–H and O–H groups in total. The van der Waals surface area contributed by atoms with Gasteiger partial charge in [0.2, 0.25) is 0 Å². The molecule has 1 unspecified atom stereocenters. The maximum atomic E-state index is 10.4. The molecule has 1 aliphatic heterocycles. The van der Waals surface area contributed by atoms with Crippen LogP contribution in [0, 0.1) is 5.92 Å². The average Bonchev–Trinajstić information content (AvgIpc) is 3.11. The number of nitrogens with one attached hydrogen (secondary N) is 1. The Morgan fingerprint density at radius 3 is 2.72 bits per heavy atom. The molecule has 5 heteroatoms. The molecular weight excluding hydrogens is 312 g/mol. The van der Waals surface area contributed by atoms with Gasteiger partial charge in [0.1, 0.15) is 5.82 Å². The summed E-state index contributed by atoms with van der Waals surface area (Å²) in [5.41, 5.74) is 1.01. The van der Waals surface area contributed by atoms with Gasteiger partial charge in [0, 0.05) is 25.5 Å². The Morgan fingerprint density at radius 1 is 1.24 bits per heavy atom. The Balaban J connectivity index is 1.36. The van der Waals surface area contributed by atoms with Gasteiger partial charge in [0.05, 0.1) is 12.6 Å². The van der Waals surface area contributed by atoms with Gasteiger partial charge in [0.15, 0.2) is 0 Å². The minimum Gasteiger partial charge on any atom is -0.387 e. The number of rotatable bonds is 8. The molecule has 3 rings (SSSR count). The number of aryl methyl sites for hydroxylation is 1. The van der Waals surface area contributed by atoms with E-state index in [-0.39, 0.29) is 6.10 Å². The minimum absolute atomic E-state index is 0.385. The fraction of sp³-hybridized carbons (Fsp3) is 0.550. The van der Waals surface area contributed by atoms with Crippen LogP contribution in [0.5, 0.6) is 0 Å². The smallest absolute Gasteiger partial charge is 0.122 e. The number of nitrogens with zero attached hydrogens (tertiary/aromatic N) is 3. The molecule has 1 fully saturated rings. The lowest BCUT2D eigenvalue weighted by Gasteiger charge is -2.33. The van der Waals surface area contributed by atoms with Crippen molar-refractivity contribution in [2.75, 3.05) is 26.2 Å². The number of piperidine rings is 1. The third kappa shape index (κ3) is 5.14. The van der Waals surface area contributed by atoms with Crippen LogP contribution in [0.15, 0.2) is 42.7 Å². The van der Waals surface area contributed by atoms with Crippen molar-refractivity contribution in [2.24, 2.45) is 5.92 Å². The SMILES string of the molecule is CCn1ccnc1CNCC1CCN(CC(O)c2ccccc2)CC1. The van der Waals surface area contributed by atoms with E-state index < -0.39 is 0 Å². The molecule has 1 saturated heterocycles. The molecule has 1 aromatic carbocycles. The molecular formula is C20H30N4O. The topological polar surface area (TPSA) is 53.3 Å². The molecule has 0 spiro atoms. The first-order valence-corrected chi connectivity index (χ1v) is 9.42. The van der Waals surface area contributed by atoms with Gasteiger partial charge in [-0.3, -0.25) is 0 Å². The van der Waals surface area contributed by atoms with Gasteiger partial charge >= 0.3 is 0 Å². The van der Waals surface area contributed by atoms with Crippen molar-refractivity contribution in [2.45, 2.75) is 39.0 Å². The van der Waals surface area contributed by atoms with Gasteiger partial charge in [-0.25, -0.2) is 4.98 Å². The first kappa shape index (κ1) is 18.1. The van der Waals surface area contributed by atoms with Crippen molar-refractivity contribution in [3.05, 3.63) is 54.1 Å². The number of aliphatic hydroxyl groups is 1. The summed E-state index contributed by atoms with van der Waals surface area (Å²) >= 11 is 0. The monoisotopic (exact) mass is 342 g/mol. The first-order chi connectivity index (χ1) is 12.3. The molecule has 0 saturated carbocycles. The average molecular weight is 342 g/mol. The highest BCUT2D eigenvalue weighted by molar-refractivity contribution is 5.17. The van der Waals surface area contributed by atoms with Crippen LogP contribution in [-0.4, -0.2) is 45.7 Å². The second kappa shape index (κ2) is 9.13. The Labute approximate surface area is 150 Å². The second-order valence-electron chi connectivity index (χ2n) is 6.93. The number of likely N-dealkylation sites (tertiary alicyclic amines) is 1. The number of β-amino-alcohol motifs (C(OH)–C–C–N with tert-alkyl or cyclic N) is 1. The van der Waals surface area contributed by atoms with Gasteiger partial charge < -0.3 is 19.9 Å². The molecule has 0 bridgehead atoms. The van der Waals surface area contributed by atoms with Gasteiger partial charge in [-0.1, -0.05) is 30.3 Å². The van der Waals surface area contributed by atoms with E-state index in [4.69, 9.17) is 0 Å². The Kier molecular flexibility index (Phi) is 6.62. The lowest BCUT2D eigenvalue weighted by Crippen LogP contribution is -2.39. The summed E-state index contributed by atoms with van der Waals surface area (Å²) in [5, 5.41) is 13.9. The van der Waals surface area contributed by atoms with Crippen LogP contribution >= 0.6 is 0 Å². The van der Waals surface area contributed by atoms with E-state index >= 15 is 0 Å². The van der Waals surface area contributed by atoms with Crippen LogP contribution in [0.3, 0.4) is 0 Å². The van der Waals surface area contributed by atoms with E-state index in [0.717, 1.165) is 56.6 Å². The van der Waals surface area contributed by atoms with Crippen LogP contribution in [0.1, 0.15) is 37.3 Å². The fourth-order valence-corrected chi connectivity index (χ4v) is 3.58. The van der Waals surface area contributed by atoms with Crippen molar-refractivity contribution < 1.29 is 5.11 Å². The fourth-order valence-electron chi connectivity index (χ4n) is 3.58. The second-order valence-corrected chi connectivity index (χ2v) is 6.93.